The Balaban J connectivity index is 1.96. The summed E-state index contributed by atoms with van der Waals surface area (Å²) >= 11 is 0. The zero-order chi connectivity index (χ0) is 18.0. The maximum absolute atomic E-state index is 13.1. The molecule has 3 aromatic rings. The van der Waals surface area contributed by atoms with Crippen LogP contribution in [0.1, 0.15) is 23.0 Å². The molecule has 1 heterocycles. The van der Waals surface area contributed by atoms with Gasteiger partial charge in [-0.2, -0.15) is 0 Å². The van der Waals surface area contributed by atoms with Gasteiger partial charge in [0.15, 0.2) is 0 Å². The van der Waals surface area contributed by atoms with E-state index in [0.29, 0.717) is 28.7 Å². The standard InChI is InChI=1S/C19H17FN2O3/c1-2-22(13-9-7-12(20)8-10-13)17(23)11-15-14-5-3-4-6-16(14)21-18(15)19(24)25/h3-10,21H,2,11H2,1H3,(H,24,25). The third kappa shape index (κ3) is 3.24. The van der Waals surface area contributed by atoms with Gasteiger partial charge in [0.25, 0.3) is 0 Å². The Morgan fingerprint density at radius 3 is 2.44 bits per heavy atom. The van der Waals surface area contributed by atoms with Gasteiger partial charge in [-0.3, -0.25) is 4.79 Å². The molecule has 2 aromatic carbocycles. The highest BCUT2D eigenvalue weighted by atomic mass is 19.1. The molecular formula is C19H17FN2O3. The number of aromatic nitrogens is 1. The number of carbonyl (C=O) groups excluding carboxylic acids is 1. The molecule has 0 radical (unpaired) electrons. The zero-order valence-corrected chi connectivity index (χ0v) is 13.6. The highest BCUT2D eigenvalue weighted by Crippen LogP contribution is 2.25. The van der Waals surface area contributed by atoms with Crippen LogP contribution in [-0.4, -0.2) is 28.5 Å². The monoisotopic (exact) mass is 340 g/mol. The molecule has 1 aromatic heterocycles. The second-order valence-corrected chi connectivity index (χ2v) is 5.62. The van der Waals surface area contributed by atoms with E-state index in [2.05, 4.69) is 4.98 Å². The van der Waals surface area contributed by atoms with E-state index < -0.39 is 5.97 Å². The van der Waals surface area contributed by atoms with E-state index in [4.69, 9.17) is 0 Å². The Morgan fingerprint density at radius 1 is 1.12 bits per heavy atom. The Bertz CT molecular complexity index is 931. The molecule has 0 spiro atoms. The molecule has 0 unspecified atom stereocenters. The van der Waals surface area contributed by atoms with Crippen molar-refractivity contribution in [2.24, 2.45) is 0 Å². The molecule has 0 fully saturated rings. The molecule has 5 nitrogen and oxygen atoms in total. The van der Waals surface area contributed by atoms with Gasteiger partial charge in [0.05, 0.1) is 6.42 Å². The lowest BCUT2D eigenvalue weighted by Gasteiger charge is -2.21. The summed E-state index contributed by atoms with van der Waals surface area (Å²) < 4.78 is 13.1. The van der Waals surface area contributed by atoms with Crippen LogP contribution in [0.15, 0.2) is 48.5 Å². The van der Waals surface area contributed by atoms with E-state index in [1.807, 2.05) is 6.92 Å². The summed E-state index contributed by atoms with van der Waals surface area (Å²) in [4.78, 5) is 28.7. The number of rotatable bonds is 5. The van der Waals surface area contributed by atoms with Gasteiger partial charge in [0.2, 0.25) is 5.91 Å². The minimum atomic E-state index is -1.11. The van der Waals surface area contributed by atoms with Crippen LogP contribution in [0.5, 0.6) is 0 Å². The van der Waals surface area contributed by atoms with E-state index in [1.165, 1.54) is 29.2 Å². The zero-order valence-electron chi connectivity index (χ0n) is 13.6. The molecule has 0 aliphatic carbocycles. The number of halogens is 1. The van der Waals surface area contributed by atoms with Gasteiger partial charge in [-0.05, 0) is 37.3 Å². The van der Waals surface area contributed by atoms with Gasteiger partial charge in [-0.25, -0.2) is 9.18 Å². The summed E-state index contributed by atoms with van der Waals surface area (Å²) in [7, 11) is 0. The van der Waals surface area contributed by atoms with Gasteiger partial charge in [0.1, 0.15) is 11.5 Å². The van der Waals surface area contributed by atoms with Crippen LogP contribution in [0.3, 0.4) is 0 Å². The molecule has 6 heteroatoms. The molecule has 0 saturated carbocycles. The van der Waals surface area contributed by atoms with Crippen molar-refractivity contribution in [3.05, 3.63) is 65.6 Å². The van der Waals surface area contributed by atoms with Crippen molar-refractivity contribution in [2.75, 3.05) is 11.4 Å². The number of carboxylic acid groups (broad SMARTS) is 1. The van der Waals surface area contributed by atoms with Gasteiger partial charge < -0.3 is 15.0 Å². The van der Waals surface area contributed by atoms with Gasteiger partial charge >= 0.3 is 5.97 Å². The number of fused-ring (bicyclic) bond motifs is 1. The van der Waals surface area contributed by atoms with Crippen molar-refractivity contribution in [1.29, 1.82) is 0 Å². The van der Waals surface area contributed by atoms with Crippen molar-refractivity contribution in [1.82, 2.24) is 4.98 Å². The van der Waals surface area contributed by atoms with Crippen molar-refractivity contribution in [2.45, 2.75) is 13.3 Å². The normalized spacial score (nSPS) is 10.8. The first-order valence-electron chi connectivity index (χ1n) is 7.90. The van der Waals surface area contributed by atoms with Crippen molar-refractivity contribution >= 4 is 28.5 Å². The molecule has 2 N–H and O–H groups in total. The van der Waals surface area contributed by atoms with E-state index in [-0.39, 0.29) is 23.8 Å². The smallest absolute Gasteiger partial charge is 0.352 e. The number of aromatic carboxylic acids is 1. The topological polar surface area (TPSA) is 73.4 Å². The number of hydrogen-bond acceptors (Lipinski definition) is 2. The van der Waals surface area contributed by atoms with Crippen LogP contribution in [0.2, 0.25) is 0 Å². The Hall–Kier alpha value is -3.15. The second-order valence-electron chi connectivity index (χ2n) is 5.62. The molecule has 1 amide bonds. The van der Waals surface area contributed by atoms with Crippen LogP contribution >= 0.6 is 0 Å². The summed E-state index contributed by atoms with van der Waals surface area (Å²) in [5.74, 6) is -1.73. The summed E-state index contributed by atoms with van der Waals surface area (Å²) in [6.45, 7) is 2.21. The first-order chi connectivity index (χ1) is 12.0. The highest BCUT2D eigenvalue weighted by molar-refractivity contribution is 6.03. The van der Waals surface area contributed by atoms with Crippen LogP contribution in [-0.2, 0) is 11.2 Å². The van der Waals surface area contributed by atoms with Crippen LogP contribution in [0.25, 0.3) is 10.9 Å². The molecule has 0 bridgehead atoms. The van der Waals surface area contributed by atoms with Crippen molar-refractivity contribution < 1.29 is 19.1 Å². The predicted octanol–water partition coefficient (Wildman–Crippen LogP) is 3.60. The third-order valence-electron chi connectivity index (χ3n) is 4.11. The number of H-pyrrole nitrogens is 1. The highest BCUT2D eigenvalue weighted by Gasteiger charge is 2.22. The maximum atomic E-state index is 13.1. The number of anilines is 1. The minimum absolute atomic E-state index is 0.0182. The van der Waals surface area contributed by atoms with Crippen LogP contribution < -0.4 is 4.90 Å². The minimum Gasteiger partial charge on any atom is -0.477 e. The molecule has 25 heavy (non-hydrogen) atoms. The molecule has 0 aliphatic rings. The lowest BCUT2D eigenvalue weighted by molar-refractivity contribution is -0.117. The Morgan fingerprint density at radius 2 is 1.80 bits per heavy atom. The summed E-state index contributed by atoms with van der Waals surface area (Å²) in [5.41, 5.74) is 1.72. The van der Waals surface area contributed by atoms with E-state index in [0.717, 1.165) is 0 Å². The van der Waals surface area contributed by atoms with Gasteiger partial charge in [-0.1, -0.05) is 18.2 Å². The number of likely N-dealkylation sites (N-methyl/N-ethyl adjacent to an activating group) is 1. The molecule has 0 aliphatic heterocycles. The van der Waals surface area contributed by atoms with Crippen molar-refractivity contribution in [3.8, 4) is 0 Å². The van der Waals surface area contributed by atoms with Gasteiger partial charge in [-0.15, -0.1) is 0 Å². The fourth-order valence-electron chi connectivity index (χ4n) is 2.94. The number of aromatic amines is 1. The lowest BCUT2D eigenvalue weighted by atomic mass is 10.1. The summed E-state index contributed by atoms with van der Waals surface area (Å²) in [6.07, 6.45) is -0.0587. The number of carbonyl (C=O) groups is 2. The predicted molar refractivity (Wildman–Crippen MR) is 93.4 cm³/mol. The van der Waals surface area contributed by atoms with E-state index in [9.17, 15) is 19.1 Å². The van der Waals surface area contributed by atoms with E-state index in [1.54, 1.807) is 24.3 Å². The molecule has 128 valence electrons. The number of para-hydroxylation sites is 1. The van der Waals surface area contributed by atoms with Gasteiger partial charge in [0, 0.05) is 28.7 Å². The average molecular weight is 340 g/mol. The third-order valence-corrected chi connectivity index (χ3v) is 4.11. The van der Waals surface area contributed by atoms with Crippen LogP contribution in [0.4, 0.5) is 10.1 Å². The summed E-state index contributed by atoms with van der Waals surface area (Å²) in [6, 6.07) is 12.8. The van der Waals surface area contributed by atoms with E-state index >= 15 is 0 Å². The molecule has 0 atom stereocenters. The number of nitrogens with one attached hydrogen (secondary N) is 1. The first kappa shape index (κ1) is 16.7. The molecular weight excluding hydrogens is 323 g/mol. The largest absolute Gasteiger partial charge is 0.477 e. The van der Waals surface area contributed by atoms with Crippen molar-refractivity contribution in [3.63, 3.8) is 0 Å². The summed E-state index contributed by atoms with van der Waals surface area (Å²) in [5, 5.41) is 10.1. The second kappa shape index (κ2) is 6.76. The lowest BCUT2D eigenvalue weighted by Crippen LogP contribution is -2.32. The SMILES string of the molecule is CCN(C(=O)Cc1c(C(=O)O)[nH]c2ccccc12)c1ccc(F)cc1. The number of nitrogens with zero attached hydrogens (tertiary/aromatic N) is 1. The first-order valence-corrected chi connectivity index (χ1v) is 7.90. The molecule has 3 rings (SSSR count). The molecule has 0 saturated heterocycles. The average Bonchev–Trinajstić information content (AvgIpc) is 2.96. The fraction of sp³-hybridized carbons (Fsp3) is 0.158. The Kier molecular flexibility index (Phi) is 4.52. The quantitative estimate of drug-likeness (QED) is 0.745. The van der Waals surface area contributed by atoms with Crippen LogP contribution in [0, 0.1) is 5.82 Å². The number of hydrogen-bond donors (Lipinski definition) is 2. The number of carboxylic acids is 1. The Labute approximate surface area is 143 Å². The fourth-order valence-corrected chi connectivity index (χ4v) is 2.94. The number of benzene rings is 2. The number of amides is 1. The maximum Gasteiger partial charge on any atom is 0.352 e.